The van der Waals surface area contributed by atoms with Crippen LogP contribution in [0.15, 0.2) is 53.3 Å². The van der Waals surface area contributed by atoms with Gasteiger partial charge in [0.15, 0.2) is 0 Å². The predicted octanol–water partition coefficient (Wildman–Crippen LogP) is 1.03. The molecule has 0 aliphatic carbocycles. The van der Waals surface area contributed by atoms with Gasteiger partial charge in [0, 0.05) is 19.2 Å². The Morgan fingerprint density at radius 2 is 1.90 bits per heavy atom. The SMILES string of the molecule is NC(=O)[C@@H](Cc1cccnc1Br)NC(=O)C[C@@H](O)CNC(=O)OCc1ccccc1. The summed E-state index contributed by atoms with van der Waals surface area (Å²) in [6, 6.07) is 11.6. The zero-order valence-corrected chi connectivity index (χ0v) is 17.7. The predicted molar refractivity (Wildman–Crippen MR) is 112 cm³/mol. The highest BCUT2D eigenvalue weighted by Gasteiger charge is 2.21. The van der Waals surface area contributed by atoms with Crippen LogP contribution in [0.4, 0.5) is 4.79 Å². The van der Waals surface area contributed by atoms with Crippen LogP contribution in [0.3, 0.4) is 0 Å². The van der Waals surface area contributed by atoms with E-state index in [2.05, 4.69) is 31.5 Å². The summed E-state index contributed by atoms with van der Waals surface area (Å²) < 4.78 is 5.57. The van der Waals surface area contributed by atoms with Crippen LogP contribution in [0.5, 0.6) is 0 Å². The van der Waals surface area contributed by atoms with Gasteiger partial charge >= 0.3 is 6.09 Å². The minimum atomic E-state index is -1.16. The number of carbonyl (C=O) groups excluding carboxylic acids is 3. The molecule has 2 rings (SSSR count). The zero-order chi connectivity index (χ0) is 21.9. The van der Waals surface area contributed by atoms with E-state index in [1.807, 2.05) is 30.3 Å². The maximum Gasteiger partial charge on any atom is 0.407 e. The van der Waals surface area contributed by atoms with E-state index in [1.165, 1.54) is 0 Å². The summed E-state index contributed by atoms with van der Waals surface area (Å²) in [6.45, 7) is -0.0934. The second kappa shape index (κ2) is 11.9. The molecule has 0 fully saturated rings. The van der Waals surface area contributed by atoms with E-state index in [0.717, 1.165) is 5.56 Å². The number of aliphatic hydroxyl groups is 1. The molecule has 1 aromatic heterocycles. The van der Waals surface area contributed by atoms with Gasteiger partial charge in [-0.15, -0.1) is 0 Å². The first-order chi connectivity index (χ1) is 14.3. The molecule has 10 heteroatoms. The van der Waals surface area contributed by atoms with Crippen molar-refractivity contribution in [2.45, 2.75) is 31.6 Å². The number of benzene rings is 1. The third kappa shape index (κ3) is 8.18. The highest BCUT2D eigenvalue weighted by molar-refractivity contribution is 9.10. The van der Waals surface area contributed by atoms with Crippen molar-refractivity contribution >= 4 is 33.8 Å². The van der Waals surface area contributed by atoms with Crippen LogP contribution in [0.1, 0.15) is 17.5 Å². The molecular weight excluding hydrogens is 456 g/mol. The average molecular weight is 479 g/mol. The van der Waals surface area contributed by atoms with Gasteiger partial charge in [-0.3, -0.25) is 9.59 Å². The molecule has 160 valence electrons. The number of aromatic nitrogens is 1. The molecule has 2 aromatic rings. The van der Waals surface area contributed by atoms with Gasteiger partial charge in [0.1, 0.15) is 17.3 Å². The van der Waals surface area contributed by atoms with Crippen molar-refractivity contribution in [3.8, 4) is 0 Å². The molecule has 9 nitrogen and oxygen atoms in total. The quantitative estimate of drug-likeness (QED) is 0.375. The standard InChI is InChI=1S/C20H23BrN4O5/c21-18-14(7-4-8-23-18)9-16(19(22)28)25-17(27)10-15(26)11-24-20(29)30-12-13-5-2-1-3-6-13/h1-8,15-16,26H,9-12H2,(H2,22,28)(H,24,29)(H,25,27)/t15-,16-/m1/s1. The number of aliphatic hydroxyl groups excluding tert-OH is 1. The van der Waals surface area contributed by atoms with Crippen molar-refractivity contribution in [1.29, 1.82) is 0 Å². The Bertz CT molecular complexity index is 865. The lowest BCUT2D eigenvalue weighted by Gasteiger charge is -2.18. The van der Waals surface area contributed by atoms with E-state index in [-0.39, 0.29) is 26.0 Å². The molecule has 5 N–H and O–H groups in total. The van der Waals surface area contributed by atoms with Crippen molar-refractivity contribution in [3.05, 3.63) is 64.4 Å². The Hall–Kier alpha value is -2.98. The molecular formula is C20H23BrN4O5. The topological polar surface area (TPSA) is 144 Å². The number of halogens is 1. The lowest BCUT2D eigenvalue weighted by atomic mass is 10.1. The summed E-state index contributed by atoms with van der Waals surface area (Å²) in [6.07, 6.45) is -0.464. The average Bonchev–Trinajstić information content (AvgIpc) is 2.72. The van der Waals surface area contributed by atoms with Crippen molar-refractivity contribution < 1.29 is 24.2 Å². The molecule has 1 heterocycles. The van der Waals surface area contributed by atoms with Gasteiger partial charge in [-0.25, -0.2) is 9.78 Å². The van der Waals surface area contributed by atoms with Gasteiger partial charge in [-0.2, -0.15) is 0 Å². The summed E-state index contributed by atoms with van der Waals surface area (Å²) >= 11 is 3.27. The van der Waals surface area contributed by atoms with E-state index in [9.17, 15) is 19.5 Å². The number of nitrogens with zero attached hydrogens (tertiary/aromatic N) is 1. The van der Waals surface area contributed by atoms with Crippen LogP contribution in [0.2, 0.25) is 0 Å². The summed E-state index contributed by atoms with van der Waals surface area (Å²) in [5.74, 6) is -1.29. The van der Waals surface area contributed by atoms with Crippen LogP contribution >= 0.6 is 15.9 Å². The lowest BCUT2D eigenvalue weighted by molar-refractivity contribution is -0.128. The van der Waals surface area contributed by atoms with Crippen LogP contribution in [0.25, 0.3) is 0 Å². The summed E-state index contributed by atoms with van der Waals surface area (Å²) in [4.78, 5) is 39.6. The van der Waals surface area contributed by atoms with E-state index >= 15 is 0 Å². The summed E-state index contributed by atoms with van der Waals surface area (Å²) in [5, 5.41) is 14.8. The van der Waals surface area contributed by atoms with Gasteiger partial charge in [0.05, 0.1) is 12.5 Å². The highest BCUT2D eigenvalue weighted by Crippen LogP contribution is 2.14. The first kappa shape index (κ1) is 23.3. The van der Waals surface area contributed by atoms with Gasteiger partial charge in [-0.05, 0) is 33.1 Å². The number of nitrogens with one attached hydrogen (secondary N) is 2. The first-order valence-corrected chi connectivity index (χ1v) is 9.95. The number of hydrogen-bond acceptors (Lipinski definition) is 6. The van der Waals surface area contributed by atoms with Crippen molar-refractivity contribution in [2.24, 2.45) is 5.73 Å². The number of rotatable bonds is 10. The van der Waals surface area contributed by atoms with Crippen molar-refractivity contribution in [3.63, 3.8) is 0 Å². The Morgan fingerprint density at radius 1 is 1.17 bits per heavy atom. The lowest BCUT2D eigenvalue weighted by Crippen LogP contribution is -2.47. The minimum absolute atomic E-state index is 0.0907. The number of nitrogens with two attached hydrogens (primary N) is 1. The Morgan fingerprint density at radius 3 is 2.57 bits per heavy atom. The molecule has 0 unspecified atom stereocenters. The smallest absolute Gasteiger partial charge is 0.407 e. The van der Waals surface area contributed by atoms with Gasteiger partial charge in [-0.1, -0.05) is 36.4 Å². The van der Waals surface area contributed by atoms with E-state index < -0.39 is 30.1 Å². The fourth-order valence-corrected chi connectivity index (χ4v) is 2.94. The fourth-order valence-electron chi connectivity index (χ4n) is 2.53. The molecule has 3 amide bonds. The van der Waals surface area contributed by atoms with Crippen molar-refractivity contribution in [1.82, 2.24) is 15.6 Å². The number of primary amides is 1. The van der Waals surface area contributed by atoms with Crippen LogP contribution in [0, 0.1) is 0 Å². The normalized spacial score (nSPS) is 12.5. The second-order valence-electron chi connectivity index (χ2n) is 6.48. The Labute approximate surface area is 182 Å². The molecule has 0 saturated heterocycles. The van der Waals surface area contributed by atoms with E-state index in [1.54, 1.807) is 18.3 Å². The molecule has 0 spiro atoms. The van der Waals surface area contributed by atoms with Crippen LogP contribution < -0.4 is 16.4 Å². The summed E-state index contributed by atoms with van der Waals surface area (Å²) in [7, 11) is 0. The molecule has 0 bridgehead atoms. The maximum absolute atomic E-state index is 12.1. The van der Waals surface area contributed by atoms with Gasteiger partial charge in [0.2, 0.25) is 11.8 Å². The van der Waals surface area contributed by atoms with E-state index in [4.69, 9.17) is 10.5 Å². The number of hydrogen-bond donors (Lipinski definition) is 4. The first-order valence-electron chi connectivity index (χ1n) is 9.16. The zero-order valence-electron chi connectivity index (χ0n) is 16.1. The molecule has 0 aliphatic rings. The molecule has 0 saturated carbocycles. The molecule has 30 heavy (non-hydrogen) atoms. The fraction of sp³-hybridized carbons (Fsp3) is 0.300. The third-order valence-electron chi connectivity index (χ3n) is 4.05. The maximum atomic E-state index is 12.1. The number of pyridine rings is 1. The van der Waals surface area contributed by atoms with Crippen LogP contribution in [-0.4, -0.2) is 46.7 Å². The monoisotopic (exact) mass is 478 g/mol. The Kier molecular flexibility index (Phi) is 9.23. The largest absolute Gasteiger partial charge is 0.445 e. The summed E-state index contributed by atoms with van der Waals surface area (Å²) in [5.41, 5.74) is 6.89. The molecule has 1 aromatic carbocycles. The number of carbonyl (C=O) groups is 3. The number of amides is 3. The van der Waals surface area contributed by atoms with Crippen LogP contribution in [-0.2, 0) is 27.4 Å². The number of alkyl carbamates (subject to hydrolysis) is 1. The number of ether oxygens (including phenoxy) is 1. The minimum Gasteiger partial charge on any atom is -0.445 e. The van der Waals surface area contributed by atoms with Gasteiger partial charge in [0.25, 0.3) is 0 Å². The van der Waals surface area contributed by atoms with Crippen molar-refractivity contribution in [2.75, 3.05) is 6.54 Å². The molecule has 0 aliphatic heterocycles. The van der Waals surface area contributed by atoms with Gasteiger partial charge < -0.3 is 26.2 Å². The highest BCUT2D eigenvalue weighted by atomic mass is 79.9. The Balaban J connectivity index is 1.74. The third-order valence-corrected chi connectivity index (χ3v) is 4.77. The molecule has 2 atom stereocenters. The molecule has 0 radical (unpaired) electrons. The van der Waals surface area contributed by atoms with E-state index in [0.29, 0.717) is 10.2 Å². The second-order valence-corrected chi connectivity index (χ2v) is 7.23.